The van der Waals surface area contributed by atoms with Gasteiger partial charge in [0.15, 0.2) is 0 Å². The summed E-state index contributed by atoms with van der Waals surface area (Å²) in [6.45, 7) is 8.55. The molecular weight excluding hydrogens is 636 g/mol. The zero-order valence-corrected chi connectivity index (χ0v) is 31.1. The van der Waals surface area contributed by atoms with Crippen LogP contribution in [0.3, 0.4) is 0 Å². The molecule has 2 unspecified atom stereocenters. The van der Waals surface area contributed by atoms with E-state index in [4.69, 9.17) is 29.0 Å². The van der Waals surface area contributed by atoms with Crippen LogP contribution in [0, 0.1) is 0 Å². The number of ether oxygens (including phenoxy) is 2. The van der Waals surface area contributed by atoms with E-state index in [1.165, 1.54) is 38.5 Å². The summed E-state index contributed by atoms with van der Waals surface area (Å²) in [5, 5.41) is 0. The highest BCUT2D eigenvalue weighted by atomic mass is 17.2. The van der Waals surface area contributed by atoms with Crippen molar-refractivity contribution in [3.05, 3.63) is 70.8 Å². The van der Waals surface area contributed by atoms with Gasteiger partial charge in [0.1, 0.15) is 0 Å². The zero-order chi connectivity index (χ0) is 36.2. The topological polar surface area (TPSA) is 107 Å². The van der Waals surface area contributed by atoms with E-state index in [9.17, 15) is 14.4 Å². The maximum atomic E-state index is 13.0. The van der Waals surface area contributed by atoms with Gasteiger partial charge >= 0.3 is 18.1 Å². The van der Waals surface area contributed by atoms with Gasteiger partial charge in [-0.3, -0.25) is 9.78 Å². The molecule has 0 bridgehead atoms. The Morgan fingerprint density at radius 2 is 0.800 bits per heavy atom. The van der Waals surface area contributed by atoms with Gasteiger partial charge in [0.25, 0.3) is 0 Å². The molecule has 9 nitrogen and oxygen atoms in total. The Kier molecular flexibility index (Phi) is 23.3. The standard InChI is InChI=1S/C41H62O9/c1-5-9-11-13-15-17-19-23-37(47-49-39(42)35-29-25-33(21-7-3)26-30-35)45-41(44)46-38(24-20-18-16-14-12-10-6-2)48-50-40(43)36-31-27-34(22-8-4)28-32-36/h25-32,37-38H,5-24H2,1-4H3. The number of hydrogen-bond acceptors (Lipinski definition) is 9. The first-order chi connectivity index (χ1) is 24.4. The van der Waals surface area contributed by atoms with E-state index in [1.807, 2.05) is 24.3 Å². The van der Waals surface area contributed by atoms with Crippen LogP contribution in [0.25, 0.3) is 0 Å². The van der Waals surface area contributed by atoms with Crippen molar-refractivity contribution in [3.63, 3.8) is 0 Å². The molecule has 0 aromatic heterocycles. The van der Waals surface area contributed by atoms with Crippen molar-refractivity contribution in [2.75, 3.05) is 0 Å². The van der Waals surface area contributed by atoms with Crippen molar-refractivity contribution in [1.82, 2.24) is 0 Å². The second-order valence-corrected chi connectivity index (χ2v) is 13.0. The van der Waals surface area contributed by atoms with Gasteiger partial charge in [0, 0.05) is 12.8 Å². The summed E-state index contributed by atoms with van der Waals surface area (Å²) in [5.74, 6) is -1.38. The number of carbonyl (C=O) groups is 3. The monoisotopic (exact) mass is 698 g/mol. The molecule has 0 spiro atoms. The molecule has 0 fully saturated rings. The molecule has 0 saturated carbocycles. The van der Waals surface area contributed by atoms with Gasteiger partial charge < -0.3 is 9.47 Å². The normalized spacial score (nSPS) is 12.2. The predicted molar refractivity (Wildman–Crippen MR) is 194 cm³/mol. The van der Waals surface area contributed by atoms with Crippen LogP contribution in [0.2, 0.25) is 0 Å². The average Bonchev–Trinajstić information content (AvgIpc) is 3.12. The van der Waals surface area contributed by atoms with Crippen LogP contribution in [0.4, 0.5) is 4.79 Å². The number of unbranched alkanes of at least 4 members (excludes halogenated alkanes) is 12. The van der Waals surface area contributed by atoms with E-state index >= 15 is 0 Å². The first-order valence-electron chi connectivity index (χ1n) is 19.2. The summed E-state index contributed by atoms with van der Waals surface area (Å²) in [5.41, 5.74) is 2.90. The Balaban J connectivity index is 2.01. The molecule has 0 amide bonds. The second kappa shape index (κ2) is 27.3. The van der Waals surface area contributed by atoms with E-state index in [0.717, 1.165) is 75.3 Å². The van der Waals surface area contributed by atoms with Crippen molar-refractivity contribution in [2.24, 2.45) is 0 Å². The molecule has 2 aromatic rings. The molecule has 0 heterocycles. The molecule has 9 heteroatoms. The highest BCUT2D eigenvalue weighted by Crippen LogP contribution is 2.18. The molecule has 2 atom stereocenters. The van der Waals surface area contributed by atoms with Crippen molar-refractivity contribution in [2.45, 2.75) is 169 Å². The summed E-state index contributed by atoms with van der Waals surface area (Å²) in [4.78, 5) is 59.4. The number of benzene rings is 2. The number of rotatable bonds is 28. The van der Waals surface area contributed by atoms with Crippen LogP contribution in [-0.4, -0.2) is 30.7 Å². The number of carbonyl (C=O) groups excluding carboxylic acids is 3. The van der Waals surface area contributed by atoms with Crippen molar-refractivity contribution >= 4 is 18.1 Å². The van der Waals surface area contributed by atoms with Gasteiger partial charge in [-0.05, 0) is 61.1 Å². The van der Waals surface area contributed by atoms with E-state index < -0.39 is 30.7 Å². The third-order valence-electron chi connectivity index (χ3n) is 8.46. The van der Waals surface area contributed by atoms with Crippen LogP contribution >= 0.6 is 0 Å². The summed E-state index contributed by atoms with van der Waals surface area (Å²) < 4.78 is 11.0. The molecule has 0 aliphatic rings. The van der Waals surface area contributed by atoms with Gasteiger partial charge in [-0.25, -0.2) is 14.4 Å². The summed E-state index contributed by atoms with van der Waals surface area (Å²) >= 11 is 0. The fraction of sp³-hybridized carbons (Fsp3) is 0.634. The van der Waals surface area contributed by atoms with Gasteiger partial charge in [-0.1, -0.05) is 142 Å². The smallest absolute Gasteiger partial charge is 0.400 e. The lowest BCUT2D eigenvalue weighted by Crippen LogP contribution is -2.28. The summed E-state index contributed by atoms with van der Waals surface area (Å²) in [7, 11) is 0. The molecular formula is C41H62O9. The number of hydrogen-bond donors (Lipinski definition) is 0. The lowest BCUT2D eigenvalue weighted by molar-refractivity contribution is -0.348. The van der Waals surface area contributed by atoms with E-state index in [2.05, 4.69) is 27.7 Å². The van der Waals surface area contributed by atoms with Crippen LogP contribution < -0.4 is 0 Å². The minimum Gasteiger partial charge on any atom is -0.400 e. The average molecular weight is 699 g/mol. The highest BCUT2D eigenvalue weighted by Gasteiger charge is 2.25. The third kappa shape index (κ3) is 19.1. The Morgan fingerprint density at radius 3 is 1.14 bits per heavy atom. The van der Waals surface area contributed by atoms with Crippen LogP contribution in [0.1, 0.15) is 175 Å². The molecule has 0 saturated heterocycles. The van der Waals surface area contributed by atoms with E-state index in [-0.39, 0.29) is 0 Å². The van der Waals surface area contributed by atoms with Crippen LogP contribution in [-0.2, 0) is 41.9 Å². The van der Waals surface area contributed by atoms with Gasteiger partial charge in [0.05, 0.1) is 11.1 Å². The molecule has 0 N–H and O–H groups in total. The lowest BCUT2D eigenvalue weighted by Gasteiger charge is -2.20. The third-order valence-corrected chi connectivity index (χ3v) is 8.46. The fourth-order valence-corrected chi connectivity index (χ4v) is 5.52. The zero-order valence-electron chi connectivity index (χ0n) is 31.1. The highest BCUT2D eigenvalue weighted by molar-refractivity contribution is 5.89. The molecule has 2 aromatic carbocycles. The Hall–Kier alpha value is -3.43. The van der Waals surface area contributed by atoms with Crippen molar-refractivity contribution in [1.29, 1.82) is 0 Å². The maximum absolute atomic E-state index is 13.0. The van der Waals surface area contributed by atoms with Crippen LogP contribution in [0.15, 0.2) is 48.5 Å². The van der Waals surface area contributed by atoms with E-state index in [0.29, 0.717) is 36.8 Å². The van der Waals surface area contributed by atoms with Crippen molar-refractivity contribution < 1.29 is 43.4 Å². The van der Waals surface area contributed by atoms with E-state index in [1.54, 1.807) is 24.3 Å². The first kappa shape index (κ1) is 42.7. The molecule has 0 aliphatic carbocycles. The Morgan fingerprint density at radius 1 is 0.460 bits per heavy atom. The predicted octanol–water partition coefficient (Wildman–Crippen LogP) is 11.6. The Labute approximate surface area is 300 Å². The first-order valence-corrected chi connectivity index (χ1v) is 19.2. The minimum absolute atomic E-state index is 0.303. The second-order valence-electron chi connectivity index (χ2n) is 13.0. The van der Waals surface area contributed by atoms with Crippen molar-refractivity contribution in [3.8, 4) is 0 Å². The summed E-state index contributed by atoms with van der Waals surface area (Å²) in [6.07, 6.45) is 15.7. The van der Waals surface area contributed by atoms with Gasteiger partial charge in [-0.2, -0.15) is 0 Å². The molecule has 50 heavy (non-hydrogen) atoms. The van der Waals surface area contributed by atoms with Gasteiger partial charge in [0.2, 0.25) is 12.6 Å². The Bertz CT molecular complexity index is 1090. The lowest BCUT2D eigenvalue weighted by atomic mass is 10.1. The SMILES string of the molecule is CCCCCCCCCC(OOC(=O)c1ccc(CCC)cc1)OC(=O)OC(CCCCCCCCC)OOC(=O)c1ccc(CCC)cc1. The fourth-order valence-electron chi connectivity index (χ4n) is 5.52. The minimum atomic E-state index is -1.19. The molecule has 0 radical (unpaired) electrons. The molecule has 0 aliphatic heterocycles. The quantitative estimate of drug-likeness (QED) is 0.0282. The molecule has 280 valence electrons. The molecule has 2 rings (SSSR count). The largest absolute Gasteiger partial charge is 0.513 e. The number of aryl methyl sites for hydroxylation is 2. The van der Waals surface area contributed by atoms with Crippen LogP contribution in [0.5, 0.6) is 0 Å². The van der Waals surface area contributed by atoms with Gasteiger partial charge in [-0.15, -0.1) is 9.78 Å². The summed E-state index contributed by atoms with van der Waals surface area (Å²) in [6, 6.07) is 14.3. The maximum Gasteiger partial charge on any atom is 0.513 e.